The first-order valence-electron chi connectivity index (χ1n) is 4.07. The molecule has 0 saturated heterocycles. The summed E-state index contributed by atoms with van der Waals surface area (Å²) in [5.74, 6) is 0.0528. The normalized spacial score (nSPS) is 9.93. The van der Waals surface area contributed by atoms with Gasteiger partial charge in [0.25, 0.3) is 0 Å². The van der Waals surface area contributed by atoms with E-state index in [9.17, 15) is 9.90 Å². The van der Waals surface area contributed by atoms with Gasteiger partial charge in [0.2, 0.25) is 0 Å². The molecule has 0 amide bonds. The number of alkyl halides is 1. The van der Waals surface area contributed by atoms with Crippen molar-refractivity contribution in [2.24, 2.45) is 0 Å². The minimum atomic E-state index is -0.178. The predicted molar refractivity (Wildman–Crippen MR) is 54.4 cm³/mol. The maximum Gasteiger partial charge on any atom is 0.177 e. The van der Waals surface area contributed by atoms with E-state index in [4.69, 9.17) is 16.3 Å². The first-order chi connectivity index (χ1) is 6.60. The summed E-state index contributed by atoms with van der Waals surface area (Å²) in [6, 6.07) is 2.98. The predicted octanol–water partition coefficient (Wildman–Crippen LogP) is 2.13. The number of hydrogen-bond acceptors (Lipinski definition) is 3. The van der Waals surface area contributed by atoms with Gasteiger partial charge in [0.1, 0.15) is 0 Å². The highest BCUT2D eigenvalue weighted by atomic mass is 35.5. The molecule has 0 fully saturated rings. The van der Waals surface area contributed by atoms with Crippen LogP contribution in [0.5, 0.6) is 11.5 Å². The lowest BCUT2D eigenvalue weighted by Gasteiger charge is -2.08. The monoisotopic (exact) mass is 214 g/mol. The van der Waals surface area contributed by atoms with Crippen LogP contribution >= 0.6 is 11.6 Å². The molecule has 0 aromatic heterocycles. The van der Waals surface area contributed by atoms with Gasteiger partial charge in [-0.1, -0.05) is 0 Å². The number of benzene rings is 1. The fraction of sp³-hybridized carbons (Fsp3) is 0.300. The van der Waals surface area contributed by atoms with E-state index >= 15 is 0 Å². The van der Waals surface area contributed by atoms with Gasteiger partial charge in [0, 0.05) is 5.56 Å². The van der Waals surface area contributed by atoms with Gasteiger partial charge in [-0.3, -0.25) is 4.79 Å². The Hall–Kier alpha value is -1.22. The Morgan fingerprint density at radius 1 is 1.57 bits per heavy atom. The maximum atomic E-state index is 11.3. The van der Waals surface area contributed by atoms with Gasteiger partial charge >= 0.3 is 0 Å². The van der Waals surface area contributed by atoms with E-state index in [1.807, 2.05) is 0 Å². The number of phenols is 1. The van der Waals surface area contributed by atoms with E-state index in [1.54, 1.807) is 6.92 Å². The minimum absolute atomic E-state index is 0.0242. The molecule has 0 unspecified atom stereocenters. The molecule has 0 heterocycles. The summed E-state index contributed by atoms with van der Waals surface area (Å²) in [4.78, 5) is 11.3. The molecule has 76 valence electrons. The molecule has 1 N–H and O–H groups in total. The van der Waals surface area contributed by atoms with Crippen molar-refractivity contribution in [1.82, 2.24) is 0 Å². The lowest BCUT2D eigenvalue weighted by Crippen LogP contribution is -2.03. The van der Waals surface area contributed by atoms with E-state index < -0.39 is 0 Å². The summed E-state index contributed by atoms with van der Waals surface area (Å²) < 4.78 is 4.89. The van der Waals surface area contributed by atoms with Crippen molar-refractivity contribution in [2.45, 2.75) is 6.92 Å². The molecule has 14 heavy (non-hydrogen) atoms. The van der Waals surface area contributed by atoms with Crippen LogP contribution in [-0.4, -0.2) is 23.9 Å². The fourth-order valence-electron chi connectivity index (χ4n) is 1.21. The van der Waals surface area contributed by atoms with Crippen LogP contribution < -0.4 is 4.74 Å². The SMILES string of the molecule is COc1cc(C(=O)CCl)c(C)cc1O. The van der Waals surface area contributed by atoms with Crippen molar-refractivity contribution < 1.29 is 14.6 Å². The molecule has 1 aromatic carbocycles. The zero-order valence-electron chi connectivity index (χ0n) is 8.00. The Labute approximate surface area is 87.3 Å². The van der Waals surface area contributed by atoms with Crippen molar-refractivity contribution in [1.29, 1.82) is 0 Å². The van der Waals surface area contributed by atoms with Gasteiger partial charge in [-0.25, -0.2) is 0 Å². The second-order valence-electron chi connectivity index (χ2n) is 2.90. The quantitative estimate of drug-likeness (QED) is 0.620. The largest absolute Gasteiger partial charge is 0.504 e. The molecule has 0 aliphatic rings. The number of ether oxygens (including phenoxy) is 1. The van der Waals surface area contributed by atoms with Crippen LogP contribution in [0.2, 0.25) is 0 Å². The van der Waals surface area contributed by atoms with Gasteiger partial charge in [0.15, 0.2) is 17.3 Å². The molecular weight excluding hydrogens is 204 g/mol. The maximum absolute atomic E-state index is 11.3. The summed E-state index contributed by atoms with van der Waals surface area (Å²) in [5, 5.41) is 9.40. The lowest BCUT2D eigenvalue weighted by atomic mass is 10.0. The Morgan fingerprint density at radius 3 is 2.71 bits per heavy atom. The molecule has 0 radical (unpaired) electrons. The highest BCUT2D eigenvalue weighted by Gasteiger charge is 2.12. The standard InChI is InChI=1S/C10H11ClO3/c1-6-3-8(12)10(14-2)4-7(6)9(13)5-11/h3-4,12H,5H2,1-2H3. The molecule has 1 rings (SSSR count). The average molecular weight is 215 g/mol. The Kier molecular flexibility index (Phi) is 3.36. The van der Waals surface area contributed by atoms with E-state index in [0.29, 0.717) is 11.1 Å². The van der Waals surface area contributed by atoms with E-state index in [0.717, 1.165) is 0 Å². The number of carbonyl (C=O) groups excluding carboxylic acids is 1. The third-order valence-electron chi connectivity index (χ3n) is 1.95. The second-order valence-corrected chi connectivity index (χ2v) is 3.16. The second kappa shape index (κ2) is 4.33. The third kappa shape index (κ3) is 1.99. The van der Waals surface area contributed by atoms with Gasteiger partial charge in [-0.2, -0.15) is 0 Å². The summed E-state index contributed by atoms with van der Waals surface area (Å²) in [6.07, 6.45) is 0. The number of aryl methyl sites for hydroxylation is 1. The van der Waals surface area contributed by atoms with Crippen molar-refractivity contribution >= 4 is 17.4 Å². The van der Waals surface area contributed by atoms with Crippen LogP contribution in [0.4, 0.5) is 0 Å². The number of aromatic hydroxyl groups is 1. The topological polar surface area (TPSA) is 46.5 Å². The molecule has 0 aliphatic carbocycles. The van der Waals surface area contributed by atoms with Crippen LogP contribution in [0.3, 0.4) is 0 Å². The molecular formula is C10H11ClO3. The summed E-state index contributed by atoms with van der Waals surface area (Å²) >= 11 is 5.44. The number of Topliss-reactive ketones (excluding diaryl/α,β-unsaturated/α-hetero) is 1. The van der Waals surface area contributed by atoms with Crippen LogP contribution in [0.15, 0.2) is 12.1 Å². The number of hydrogen-bond donors (Lipinski definition) is 1. The van der Waals surface area contributed by atoms with Crippen LogP contribution in [-0.2, 0) is 0 Å². The molecule has 0 atom stereocenters. The van der Waals surface area contributed by atoms with Crippen molar-refractivity contribution in [3.05, 3.63) is 23.3 Å². The lowest BCUT2D eigenvalue weighted by molar-refractivity contribution is 0.102. The molecule has 1 aromatic rings. The first kappa shape index (κ1) is 10.9. The van der Waals surface area contributed by atoms with Gasteiger partial charge in [0.05, 0.1) is 13.0 Å². The number of methoxy groups -OCH3 is 1. The van der Waals surface area contributed by atoms with Crippen LogP contribution in [0.25, 0.3) is 0 Å². The van der Waals surface area contributed by atoms with Crippen LogP contribution in [0.1, 0.15) is 15.9 Å². The van der Waals surface area contributed by atoms with E-state index in [-0.39, 0.29) is 23.2 Å². The molecule has 0 bridgehead atoms. The third-order valence-corrected chi connectivity index (χ3v) is 2.19. The fourth-order valence-corrected chi connectivity index (χ4v) is 1.35. The molecule has 0 saturated carbocycles. The van der Waals surface area contributed by atoms with E-state index in [2.05, 4.69) is 0 Å². The average Bonchev–Trinajstić information content (AvgIpc) is 2.17. The number of halogens is 1. The van der Waals surface area contributed by atoms with Crippen molar-refractivity contribution in [3.8, 4) is 11.5 Å². The highest BCUT2D eigenvalue weighted by Crippen LogP contribution is 2.29. The number of phenolic OH excluding ortho intramolecular Hbond substituents is 1. The highest BCUT2D eigenvalue weighted by molar-refractivity contribution is 6.30. The number of ketones is 1. The molecule has 0 spiro atoms. The smallest absolute Gasteiger partial charge is 0.177 e. The Balaban J connectivity index is 3.24. The zero-order chi connectivity index (χ0) is 10.7. The summed E-state index contributed by atoms with van der Waals surface area (Å²) in [7, 11) is 1.43. The summed E-state index contributed by atoms with van der Waals surface area (Å²) in [5.41, 5.74) is 1.17. The number of rotatable bonds is 3. The van der Waals surface area contributed by atoms with Gasteiger partial charge < -0.3 is 9.84 Å². The Morgan fingerprint density at radius 2 is 2.21 bits per heavy atom. The molecule has 0 aliphatic heterocycles. The summed E-state index contributed by atoms with van der Waals surface area (Å²) in [6.45, 7) is 1.74. The van der Waals surface area contributed by atoms with Gasteiger partial charge in [-0.15, -0.1) is 11.6 Å². The van der Waals surface area contributed by atoms with Crippen molar-refractivity contribution in [2.75, 3.05) is 13.0 Å². The molecule has 4 heteroatoms. The molecule has 3 nitrogen and oxygen atoms in total. The Bertz CT molecular complexity index is 361. The first-order valence-corrected chi connectivity index (χ1v) is 4.60. The van der Waals surface area contributed by atoms with E-state index in [1.165, 1.54) is 19.2 Å². The minimum Gasteiger partial charge on any atom is -0.504 e. The van der Waals surface area contributed by atoms with Crippen molar-refractivity contribution in [3.63, 3.8) is 0 Å². The van der Waals surface area contributed by atoms with Gasteiger partial charge in [-0.05, 0) is 24.6 Å². The van der Waals surface area contributed by atoms with Crippen LogP contribution in [0, 0.1) is 6.92 Å². The zero-order valence-corrected chi connectivity index (χ0v) is 8.76. The number of carbonyl (C=O) groups is 1.